The number of fused-ring (bicyclic) bond motifs is 1. The molecule has 0 unspecified atom stereocenters. The van der Waals surface area contributed by atoms with Crippen LogP contribution >= 0.6 is 23.4 Å². The van der Waals surface area contributed by atoms with Crippen LogP contribution in [0.15, 0.2) is 21.8 Å². The number of piperazine rings is 1. The fourth-order valence-corrected chi connectivity index (χ4v) is 7.08. The quantitative estimate of drug-likeness (QED) is 0.499. The van der Waals surface area contributed by atoms with Crippen molar-refractivity contribution in [3.8, 4) is 11.5 Å². The standard InChI is InChI=1S/C29H39ClN4O4S/c1-17-13-25(39-4)22(29(36)32-17)15-31-28(35)21-14-23(30)27-26(18(21)2)38-24(16-37-27)19-5-7-20(8-6-19)34-11-9-33(3)10-12-34/h13-14,19-20,24H,5-12,15-16H2,1-4H3,(H,31,35)(H,32,36)/t19-,20+,24-/m1/s1. The number of aryl methyl sites for hydroxylation is 1. The van der Waals surface area contributed by atoms with Crippen LogP contribution in [0.4, 0.5) is 0 Å². The molecule has 8 nitrogen and oxygen atoms in total. The van der Waals surface area contributed by atoms with Gasteiger partial charge in [0, 0.05) is 66.0 Å². The smallest absolute Gasteiger partial charge is 0.254 e. The lowest BCUT2D eigenvalue weighted by atomic mass is 9.81. The average molecular weight is 575 g/mol. The van der Waals surface area contributed by atoms with Crippen molar-refractivity contribution in [3.05, 3.63) is 49.9 Å². The van der Waals surface area contributed by atoms with E-state index in [1.54, 1.807) is 6.07 Å². The van der Waals surface area contributed by atoms with Crippen LogP contribution in [0.3, 0.4) is 0 Å². The summed E-state index contributed by atoms with van der Waals surface area (Å²) in [5.74, 6) is 1.18. The van der Waals surface area contributed by atoms with Gasteiger partial charge in [-0.05, 0) is 70.9 Å². The van der Waals surface area contributed by atoms with Crippen molar-refractivity contribution >= 4 is 29.3 Å². The number of hydrogen-bond donors (Lipinski definition) is 2. The lowest BCUT2D eigenvalue weighted by Gasteiger charge is -2.43. The molecule has 1 saturated carbocycles. The number of halogens is 1. The van der Waals surface area contributed by atoms with E-state index in [1.165, 1.54) is 24.6 Å². The fourth-order valence-electron chi connectivity index (χ4n) is 6.12. The van der Waals surface area contributed by atoms with Crippen molar-refractivity contribution in [2.45, 2.75) is 63.1 Å². The highest BCUT2D eigenvalue weighted by Crippen LogP contribution is 2.45. The topological polar surface area (TPSA) is 86.9 Å². The normalized spacial score (nSPS) is 24.0. The molecule has 2 aromatic rings. The van der Waals surface area contributed by atoms with Crippen LogP contribution in [-0.4, -0.2) is 78.9 Å². The van der Waals surface area contributed by atoms with Gasteiger partial charge in [0.15, 0.2) is 11.5 Å². The molecule has 0 bridgehead atoms. The van der Waals surface area contributed by atoms with Crippen molar-refractivity contribution < 1.29 is 14.3 Å². The summed E-state index contributed by atoms with van der Waals surface area (Å²) in [6.45, 7) is 8.90. The highest BCUT2D eigenvalue weighted by molar-refractivity contribution is 7.98. The molecular formula is C29H39ClN4O4S. The molecule has 3 heterocycles. The molecule has 1 aromatic carbocycles. The Bertz CT molecular complexity index is 1270. The molecule has 1 atom stereocenters. The van der Waals surface area contributed by atoms with E-state index in [9.17, 15) is 9.59 Å². The Morgan fingerprint density at radius 1 is 1.13 bits per heavy atom. The molecule has 2 aliphatic heterocycles. The van der Waals surface area contributed by atoms with Crippen LogP contribution in [0.2, 0.25) is 5.02 Å². The van der Waals surface area contributed by atoms with E-state index in [2.05, 4.69) is 27.1 Å². The summed E-state index contributed by atoms with van der Waals surface area (Å²) in [5.41, 5.74) is 2.26. The number of nitrogens with zero attached hydrogens (tertiary/aromatic N) is 2. The first-order valence-electron chi connectivity index (χ1n) is 13.8. The predicted octanol–water partition coefficient (Wildman–Crippen LogP) is 4.24. The Hall–Kier alpha value is -2.20. The minimum atomic E-state index is -0.303. The fraction of sp³-hybridized carbons (Fsp3) is 0.586. The molecule has 39 heavy (non-hydrogen) atoms. The van der Waals surface area contributed by atoms with Crippen molar-refractivity contribution in [2.75, 3.05) is 46.1 Å². The Balaban J connectivity index is 1.25. The molecule has 5 rings (SSSR count). The Kier molecular flexibility index (Phi) is 8.81. The first-order chi connectivity index (χ1) is 18.7. The number of pyridine rings is 1. The largest absolute Gasteiger partial charge is 0.484 e. The van der Waals surface area contributed by atoms with Gasteiger partial charge in [0.2, 0.25) is 0 Å². The van der Waals surface area contributed by atoms with E-state index < -0.39 is 0 Å². The minimum absolute atomic E-state index is 0.0609. The maximum absolute atomic E-state index is 13.3. The molecule has 3 aliphatic rings. The SMILES string of the molecule is CSc1cc(C)[nH]c(=O)c1CNC(=O)c1cc(Cl)c2c(c1C)O[C@@H]([C@H]1CC[C@@H](N3CCN(C)CC3)CC1)CO2. The Morgan fingerprint density at radius 2 is 1.85 bits per heavy atom. The number of carbonyl (C=O) groups is 1. The monoisotopic (exact) mass is 574 g/mol. The van der Waals surface area contributed by atoms with Crippen molar-refractivity contribution in [1.82, 2.24) is 20.1 Å². The molecule has 1 saturated heterocycles. The van der Waals surface area contributed by atoms with Gasteiger partial charge in [-0.25, -0.2) is 0 Å². The first kappa shape index (κ1) is 28.3. The van der Waals surface area contributed by atoms with E-state index in [1.807, 2.05) is 26.2 Å². The zero-order valence-electron chi connectivity index (χ0n) is 23.3. The van der Waals surface area contributed by atoms with E-state index in [4.69, 9.17) is 21.1 Å². The van der Waals surface area contributed by atoms with E-state index >= 15 is 0 Å². The van der Waals surface area contributed by atoms with Crippen LogP contribution in [0.1, 0.15) is 52.9 Å². The van der Waals surface area contributed by atoms with E-state index in [0.717, 1.165) is 49.6 Å². The maximum Gasteiger partial charge on any atom is 0.254 e. The summed E-state index contributed by atoms with van der Waals surface area (Å²) in [4.78, 5) is 34.5. The number of ether oxygens (including phenoxy) is 2. The van der Waals surface area contributed by atoms with E-state index in [0.29, 0.717) is 51.8 Å². The van der Waals surface area contributed by atoms with Gasteiger partial charge in [-0.1, -0.05) is 11.6 Å². The highest BCUT2D eigenvalue weighted by atomic mass is 35.5. The number of thioether (sulfide) groups is 1. The molecule has 2 fully saturated rings. The van der Waals surface area contributed by atoms with Crippen LogP contribution in [0, 0.1) is 19.8 Å². The van der Waals surface area contributed by atoms with E-state index in [-0.39, 0.29) is 24.1 Å². The van der Waals surface area contributed by atoms with Crippen LogP contribution in [-0.2, 0) is 6.54 Å². The number of rotatable bonds is 6. The lowest BCUT2D eigenvalue weighted by Crippen LogP contribution is -2.50. The van der Waals surface area contributed by atoms with Crippen molar-refractivity contribution in [2.24, 2.45) is 5.92 Å². The number of hydrogen-bond acceptors (Lipinski definition) is 7. The number of aromatic amines is 1. The summed E-state index contributed by atoms with van der Waals surface area (Å²) in [5, 5.41) is 3.26. The summed E-state index contributed by atoms with van der Waals surface area (Å²) in [6, 6.07) is 4.20. The van der Waals surface area contributed by atoms with Crippen molar-refractivity contribution in [1.29, 1.82) is 0 Å². The summed E-state index contributed by atoms with van der Waals surface area (Å²) >= 11 is 8.05. The third-order valence-electron chi connectivity index (χ3n) is 8.54. The van der Waals surface area contributed by atoms with Crippen LogP contribution < -0.4 is 20.3 Å². The third kappa shape index (κ3) is 6.11. The summed E-state index contributed by atoms with van der Waals surface area (Å²) < 4.78 is 12.7. The number of H-pyrrole nitrogens is 1. The number of likely N-dealkylation sites (N-methyl/N-ethyl adjacent to an activating group) is 1. The van der Waals surface area contributed by atoms with Gasteiger partial charge < -0.3 is 24.7 Å². The second-order valence-corrected chi connectivity index (χ2v) is 12.3. The van der Waals surface area contributed by atoms with Crippen LogP contribution in [0.25, 0.3) is 0 Å². The number of carbonyl (C=O) groups excluding carboxylic acids is 1. The van der Waals surface area contributed by atoms with Gasteiger partial charge >= 0.3 is 0 Å². The second kappa shape index (κ2) is 12.1. The Labute approximate surface area is 239 Å². The average Bonchev–Trinajstić information content (AvgIpc) is 2.94. The number of benzene rings is 1. The maximum atomic E-state index is 13.3. The van der Waals surface area contributed by atoms with Crippen LogP contribution in [0.5, 0.6) is 11.5 Å². The third-order valence-corrected chi connectivity index (χ3v) is 9.63. The molecule has 212 valence electrons. The number of amides is 1. The van der Waals surface area contributed by atoms with Gasteiger partial charge in [0.05, 0.1) is 5.02 Å². The van der Waals surface area contributed by atoms with Gasteiger partial charge in [-0.15, -0.1) is 11.8 Å². The van der Waals surface area contributed by atoms with Gasteiger partial charge in [-0.3, -0.25) is 14.5 Å². The molecule has 1 aromatic heterocycles. The molecule has 1 aliphatic carbocycles. The molecular weight excluding hydrogens is 536 g/mol. The lowest BCUT2D eigenvalue weighted by molar-refractivity contribution is 0.0135. The molecule has 2 N–H and O–H groups in total. The number of aromatic nitrogens is 1. The number of nitrogens with one attached hydrogen (secondary N) is 2. The summed E-state index contributed by atoms with van der Waals surface area (Å²) in [7, 11) is 2.20. The molecule has 10 heteroatoms. The zero-order chi connectivity index (χ0) is 27.7. The molecule has 1 amide bonds. The van der Waals surface area contributed by atoms with Gasteiger partial charge in [0.1, 0.15) is 12.7 Å². The zero-order valence-corrected chi connectivity index (χ0v) is 24.8. The van der Waals surface area contributed by atoms with Gasteiger partial charge in [0.25, 0.3) is 11.5 Å². The summed E-state index contributed by atoms with van der Waals surface area (Å²) in [6.07, 6.45) is 6.43. The second-order valence-electron chi connectivity index (χ2n) is 11.1. The predicted molar refractivity (Wildman–Crippen MR) is 156 cm³/mol. The molecule has 0 radical (unpaired) electrons. The van der Waals surface area contributed by atoms with Gasteiger partial charge in [-0.2, -0.15) is 0 Å². The molecule has 0 spiro atoms. The first-order valence-corrected chi connectivity index (χ1v) is 15.5. The highest BCUT2D eigenvalue weighted by Gasteiger charge is 2.36. The van der Waals surface area contributed by atoms with Crippen molar-refractivity contribution in [3.63, 3.8) is 0 Å². The Morgan fingerprint density at radius 3 is 2.54 bits per heavy atom. The minimum Gasteiger partial charge on any atom is -0.484 e.